The number of carbonyl (C=O) groups excluding carboxylic acids is 1. The van der Waals surface area contributed by atoms with Gasteiger partial charge < -0.3 is 19.9 Å². The molecule has 0 spiro atoms. The van der Waals surface area contributed by atoms with Crippen molar-refractivity contribution in [1.29, 1.82) is 0 Å². The number of ether oxygens (including phenoxy) is 1. The molecule has 1 N–H and O–H groups in total. The summed E-state index contributed by atoms with van der Waals surface area (Å²) in [7, 11) is 0. The summed E-state index contributed by atoms with van der Waals surface area (Å²) in [4.78, 5) is 32.0. The second-order valence-electron chi connectivity index (χ2n) is 9.72. The third-order valence-corrected chi connectivity index (χ3v) is 7.47. The van der Waals surface area contributed by atoms with Crippen LogP contribution in [-0.2, 0) is 10.5 Å². The van der Waals surface area contributed by atoms with Crippen molar-refractivity contribution < 1.29 is 9.53 Å². The number of para-hydroxylation sites is 1. The second-order valence-corrected chi connectivity index (χ2v) is 11.6. The Hall–Kier alpha value is -3.37. The molecule has 10 heteroatoms. The minimum absolute atomic E-state index is 0.276. The summed E-state index contributed by atoms with van der Waals surface area (Å²) < 4.78 is 5.56. The normalized spacial score (nSPS) is 14.1. The Balaban J connectivity index is 1.39. The van der Waals surface area contributed by atoms with E-state index in [9.17, 15) is 4.79 Å². The van der Waals surface area contributed by atoms with E-state index in [1.165, 1.54) is 16.9 Å². The van der Waals surface area contributed by atoms with Crippen LogP contribution in [0.15, 0.2) is 65.8 Å². The van der Waals surface area contributed by atoms with Crippen molar-refractivity contribution in [3.63, 3.8) is 0 Å². The zero-order valence-electron chi connectivity index (χ0n) is 21.2. The smallest absolute Gasteiger partial charge is 0.410 e. The van der Waals surface area contributed by atoms with E-state index in [-0.39, 0.29) is 6.09 Å². The average molecular weight is 535 g/mol. The molecule has 1 amide bonds. The number of anilines is 3. The number of nitrogens with zero attached hydrogens (tertiary/aromatic N) is 5. The summed E-state index contributed by atoms with van der Waals surface area (Å²) in [5.74, 6) is 1.59. The molecule has 1 fully saturated rings. The van der Waals surface area contributed by atoms with Crippen molar-refractivity contribution in [2.75, 3.05) is 36.4 Å². The molecule has 0 atom stereocenters. The van der Waals surface area contributed by atoms with E-state index in [1.54, 1.807) is 16.7 Å². The van der Waals surface area contributed by atoms with Gasteiger partial charge in [-0.25, -0.2) is 19.7 Å². The zero-order valence-corrected chi connectivity index (χ0v) is 22.8. The van der Waals surface area contributed by atoms with Crippen molar-refractivity contribution in [3.05, 3.63) is 66.2 Å². The van der Waals surface area contributed by atoms with E-state index in [4.69, 9.17) is 19.7 Å². The minimum Gasteiger partial charge on any atom is -0.444 e. The van der Waals surface area contributed by atoms with Crippen molar-refractivity contribution >= 4 is 56.2 Å². The molecule has 1 saturated heterocycles. The van der Waals surface area contributed by atoms with Gasteiger partial charge in [-0.3, -0.25) is 0 Å². The molecule has 1 aliphatic heterocycles. The number of piperazine rings is 1. The number of aromatic nitrogens is 3. The maximum Gasteiger partial charge on any atom is 0.410 e. The fourth-order valence-corrected chi connectivity index (χ4v) is 5.63. The number of thiazole rings is 1. The van der Waals surface area contributed by atoms with Crippen molar-refractivity contribution in [2.24, 2.45) is 0 Å². The molecule has 0 saturated carbocycles. The van der Waals surface area contributed by atoms with Crippen LogP contribution in [0, 0.1) is 0 Å². The van der Waals surface area contributed by atoms with Crippen molar-refractivity contribution in [2.45, 2.75) is 37.3 Å². The van der Waals surface area contributed by atoms with E-state index in [1.807, 2.05) is 69.3 Å². The predicted molar refractivity (Wildman–Crippen MR) is 151 cm³/mol. The van der Waals surface area contributed by atoms with Gasteiger partial charge in [-0.2, -0.15) is 0 Å². The summed E-state index contributed by atoms with van der Waals surface area (Å²) in [6.07, 6.45) is -0.276. The Morgan fingerprint density at radius 3 is 2.32 bits per heavy atom. The fraction of sp³-hybridized carbons (Fsp3) is 0.333. The second kappa shape index (κ2) is 10.9. The maximum atomic E-state index is 12.6. The molecule has 0 aliphatic carbocycles. The van der Waals surface area contributed by atoms with Gasteiger partial charge in [-0.1, -0.05) is 71.6 Å². The van der Waals surface area contributed by atoms with Gasteiger partial charge >= 0.3 is 6.09 Å². The van der Waals surface area contributed by atoms with Crippen LogP contribution in [0.3, 0.4) is 0 Å². The largest absolute Gasteiger partial charge is 0.444 e. The highest BCUT2D eigenvalue weighted by atomic mass is 32.2. The van der Waals surface area contributed by atoms with Gasteiger partial charge in [0.1, 0.15) is 11.1 Å². The van der Waals surface area contributed by atoms with E-state index in [2.05, 4.69) is 22.3 Å². The molecule has 8 nitrogen and oxygen atoms in total. The molecule has 0 radical (unpaired) electrons. The highest BCUT2D eigenvalue weighted by molar-refractivity contribution is 7.98. The number of hydrogen-bond donors (Lipinski definition) is 1. The number of fused-ring (bicyclic) bond motifs is 1. The average Bonchev–Trinajstić information content (AvgIpc) is 3.29. The summed E-state index contributed by atoms with van der Waals surface area (Å²) in [6.45, 7) is 8.07. The third kappa shape index (κ3) is 6.50. The van der Waals surface area contributed by atoms with Crippen LogP contribution in [0.25, 0.3) is 10.3 Å². The summed E-state index contributed by atoms with van der Waals surface area (Å²) in [5.41, 5.74) is 2.46. The van der Waals surface area contributed by atoms with Crippen molar-refractivity contribution in [1.82, 2.24) is 19.9 Å². The quantitative estimate of drug-likeness (QED) is 0.232. The van der Waals surface area contributed by atoms with Gasteiger partial charge in [0.15, 0.2) is 20.9 Å². The molecular weight excluding hydrogens is 504 g/mol. The first-order valence-electron chi connectivity index (χ1n) is 12.2. The molecule has 5 rings (SSSR count). The van der Waals surface area contributed by atoms with E-state index in [0.29, 0.717) is 26.2 Å². The first-order chi connectivity index (χ1) is 17.8. The lowest BCUT2D eigenvalue weighted by Gasteiger charge is -2.36. The summed E-state index contributed by atoms with van der Waals surface area (Å²) in [5, 5.41) is 4.88. The molecular formula is C27H30N6O2S2. The van der Waals surface area contributed by atoms with Gasteiger partial charge in [0, 0.05) is 37.6 Å². The van der Waals surface area contributed by atoms with Gasteiger partial charge in [0.2, 0.25) is 0 Å². The van der Waals surface area contributed by atoms with Crippen molar-refractivity contribution in [3.8, 4) is 0 Å². The number of amides is 1. The SMILES string of the molecule is CC(C)(C)OC(=O)N1CCN(c2nc(SCc3ccccc3)nc3sc(Nc4ccccc4)nc23)CC1. The Labute approximate surface area is 225 Å². The third-order valence-electron chi connectivity index (χ3n) is 5.69. The van der Waals surface area contributed by atoms with E-state index < -0.39 is 5.60 Å². The predicted octanol–water partition coefficient (Wildman–Crippen LogP) is 6.18. The van der Waals surface area contributed by atoms with Crippen LogP contribution in [0.2, 0.25) is 0 Å². The lowest BCUT2D eigenvalue weighted by Crippen LogP contribution is -2.50. The molecule has 0 bridgehead atoms. The molecule has 0 unspecified atom stereocenters. The van der Waals surface area contributed by atoms with Crippen LogP contribution < -0.4 is 10.2 Å². The Morgan fingerprint density at radius 1 is 0.973 bits per heavy atom. The van der Waals surface area contributed by atoms with Crippen LogP contribution >= 0.6 is 23.1 Å². The first-order valence-corrected chi connectivity index (χ1v) is 14.0. The monoisotopic (exact) mass is 534 g/mol. The number of carbonyl (C=O) groups is 1. The standard InChI is InChI=1S/C27H30N6O2S2/c1-27(2,3)35-26(34)33-16-14-32(15-17-33)22-21-23(37-25(29-21)28-20-12-8-5-9-13-20)31-24(30-22)36-18-19-10-6-4-7-11-19/h4-13H,14-18H2,1-3H3,(H,28,29). The summed E-state index contributed by atoms with van der Waals surface area (Å²) in [6, 6.07) is 20.3. The fourth-order valence-electron chi connectivity index (χ4n) is 3.92. The Morgan fingerprint density at radius 2 is 1.65 bits per heavy atom. The highest BCUT2D eigenvalue weighted by Gasteiger charge is 2.28. The Kier molecular flexibility index (Phi) is 7.48. The molecule has 4 aromatic rings. The van der Waals surface area contributed by atoms with Crippen LogP contribution in [-0.4, -0.2) is 57.7 Å². The van der Waals surface area contributed by atoms with Crippen LogP contribution in [0.4, 0.5) is 21.4 Å². The Bertz CT molecular complexity index is 1350. The van der Waals surface area contributed by atoms with Gasteiger partial charge in [0.25, 0.3) is 0 Å². The van der Waals surface area contributed by atoms with Gasteiger partial charge in [-0.15, -0.1) is 0 Å². The molecule has 2 aromatic carbocycles. The number of hydrogen-bond acceptors (Lipinski definition) is 9. The van der Waals surface area contributed by atoms with E-state index >= 15 is 0 Å². The van der Waals surface area contributed by atoms with Crippen LogP contribution in [0.5, 0.6) is 0 Å². The number of nitrogens with one attached hydrogen (secondary N) is 1. The zero-order chi connectivity index (χ0) is 25.8. The first kappa shape index (κ1) is 25.3. The molecule has 1 aliphatic rings. The maximum absolute atomic E-state index is 12.6. The minimum atomic E-state index is -0.513. The molecule has 3 heterocycles. The number of benzene rings is 2. The molecule has 2 aromatic heterocycles. The highest BCUT2D eigenvalue weighted by Crippen LogP contribution is 2.35. The topological polar surface area (TPSA) is 83.5 Å². The molecule has 192 valence electrons. The van der Waals surface area contributed by atoms with Gasteiger partial charge in [-0.05, 0) is 38.5 Å². The molecule has 37 heavy (non-hydrogen) atoms. The van der Waals surface area contributed by atoms with Gasteiger partial charge in [0.05, 0.1) is 0 Å². The van der Waals surface area contributed by atoms with Crippen LogP contribution in [0.1, 0.15) is 26.3 Å². The lowest BCUT2D eigenvalue weighted by atomic mass is 10.2. The lowest BCUT2D eigenvalue weighted by molar-refractivity contribution is 0.0240. The summed E-state index contributed by atoms with van der Waals surface area (Å²) >= 11 is 3.14. The number of rotatable bonds is 6. The number of thioether (sulfide) groups is 1. The van der Waals surface area contributed by atoms with E-state index in [0.717, 1.165) is 37.9 Å².